The maximum atomic E-state index is 11.0. The number of hydrogen-bond acceptors (Lipinski definition) is 3. The van der Waals surface area contributed by atoms with Crippen LogP contribution in [0.5, 0.6) is 0 Å². The summed E-state index contributed by atoms with van der Waals surface area (Å²) in [5.74, 6) is -2.61. The second kappa shape index (κ2) is 4.29. The first-order valence-corrected chi connectivity index (χ1v) is 5.02. The van der Waals surface area contributed by atoms with Crippen LogP contribution in [0, 0.1) is 0 Å². The number of benzene rings is 2. The van der Waals surface area contributed by atoms with Gasteiger partial charge in [-0.3, -0.25) is 4.79 Å². The largest absolute Gasteiger partial charge is 0.478 e. The van der Waals surface area contributed by atoms with Crippen molar-refractivity contribution in [3.05, 3.63) is 47.0 Å². The number of hydrogen-bond donors (Lipinski definition) is 2. The monoisotopic (exact) mass is 244 g/mol. The molecule has 2 aromatic rings. The van der Waals surface area contributed by atoms with Crippen LogP contribution < -0.4 is 0 Å². The lowest BCUT2D eigenvalue weighted by molar-refractivity contribution is 0.0652. The summed E-state index contributed by atoms with van der Waals surface area (Å²) in [5.41, 5.74) is -0.159. The number of aldehydes is 1. The van der Waals surface area contributed by atoms with Crippen LogP contribution in [-0.2, 0) is 0 Å². The molecule has 5 nitrogen and oxygen atoms in total. The van der Waals surface area contributed by atoms with Crippen molar-refractivity contribution in [2.75, 3.05) is 0 Å². The molecule has 0 aliphatic carbocycles. The SMILES string of the molecule is O=Cc1ccc2cc(C(=O)O)c(C(=O)O)cc2c1. The number of carbonyl (C=O) groups is 3. The standard InChI is InChI=1S/C13H8O5/c14-6-7-1-2-8-4-10(12(15)16)11(13(17)18)5-9(8)3-7/h1-6H,(H,15,16)(H,17,18). The number of carboxylic acids is 2. The minimum absolute atomic E-state index is 0.270. The Bertz CT molecular complexity index is 672. The van der Waals surface area contributed by atoms with E-state index in [4.69, 9.17) is 10.2 Å². The van der Waals surface area contributed by atoms with Gasteiger partial charge < -0.3 is 10.2 Å². The maximum Gasteiger partial charge on any atom is 0.336 e. The van der Waals surface area contributed by atoms with Crippen molar-refractivity contribution in [2.45, 2.75) is 0 Å². The van der Waals surface area contributed by atoms with Gasteiger partial charge in [0.1, 0.15) is 6.29 Å². The first-order valence-electron chi connectivity index (χ1n) is 5.02. The molecule has 0 amide bonds. The van der Waals surface area contributed by atoms with E-state index in [1.165, 1.54) is 18.2 Å². The highest BCUT2D eigenvalue weighted by molar-refractivity contribution is 6.06. The number of aromatic carboxylic acids is 2. The van der Waals surface area contributed by atoms with Crippen LogP contribution in [0.25, 0.3) is 10.8 Å². The lowest BCUT2D eigenvalue weighted by atomic mass is 9.99. The Balaban J connectivity index is 2.79. The molecule has 2 N–H and O–H groups in total. The summed E-state index contributed by atoms with van der Waals surface area (Å²) in [5, 5.41) is 19.0. The second-order valence-electron chi connectivity index (χ2n) is 3.73. The van der Waals surface area contributed by atoms with E-state index in [0.29, 0.717) is 22.6 Å². The van der Waals surface area contributed by atoms with Crippen LogP contribution >= 0.6 is 0 Å². The zero-order chi connectivity index (χ0) is 13.3. The molecule has 0 fully saturated rings. The van der Waals surface area contributed by atoms with Gasteiger partial charge in [0.25, 0.3) is 0 Å². The molecule has 2 rings (SSSR count). The summed E-state index contributed by atoms with van der Waals surface area (Å²) in [6, 6.07) is 7.18. The summed E-state index contributed by atoms with van der Waals surface area (Å²) < 4.78 is 0. The maximum absolute atomic E-state index is 11.0. The summed E-state index contributed by atoms with van der Waals surface area (Å²) in [7, 11) is 0. The molecular formula is C13H8O5. The third kappa shape index (κ3) is 1.93. The Morgan fingerprint density at radius 2 is 1.44 bits per heavy atom. The fourth-order valence-corrected chi connectivity index (χ4v) is 1.74. The third-order valence-electron chi connectivity index (χ3n) is 2.60. The topological polar surface area (TPSA) is 91.7 Å². The first-order chi connectivity index (χ1) is 8.52. The number of fused-ring (bicyclic) bond motifs is 1. The van der Waals surface area contributed by atoms with Crippen molar-refractivity contribution >= 4 is 29.0 Å². The molecule has 0 heterocycles. The van der Waals surface area contributed by atoms with E-state index in [9.17, 15) is 14.4 Å². The van der Waals surface area contributed by atoms with E-state index in [2.05, 4.69) is 0 Å². The van der Waals surface area contributed by atoms with E-state index in [1.807, 2.05) is 0 Å². The van der Waals surface area contributed by atoms with Gasteiger partial charge in [0.05, 0.1) is 11.1 Å². The van der Waals surface area contributed by atoms with Gasteiger partial charge in [-0.15, -0.1) is 0 Å². The highest BCUT2D eigenvalue weighted by Gasteiger charge is 2.16. The molecule has 90 valence electrons. The van der Waals surface area contributed by atoms with Gasteiger partial charge in [0.2, 0.25) is 0 Å². The highest BCUT2D eigenvalue weighted by Crippen LogP contribution is 2.21. The summed E-state index contributed by atoms with van der Waals surface area (Å²) in [6.45, 7) is 0. The summed E-state index contributed by atoms with van der Waals surface area (Å²) in [4.78, 5) is 32.6. The number of carboxylic acid groups (broad SMARTS) is 2. The number of rotatable bonds is 3. The summed E-state index contributed by atoms with van der Waals surface area (Å²) in [6.07, 6.45) is 0.644. The van der Waals surface area contributed by atoms with Crippen LogP contribution in [0.1, 0.15) is 31.1 Å². The van der Waals surface area contributed by atoms with Gasteiger partial charge in [-0.2, -0.15) is 0 Å². The molecule has 0 aliphatic heterocycles. The van der Waals surface area contributed by atoms with Crippen LogP contribution in [-0.4, -0.2) is 28.4 Å². The average molecular weight is 244 g/mol. The van der Waals surface area contributed by atoms with Gasteiger partial charge in [0.15, 0.2) is 0 Å². The predicted molar refractivity (Wildman–Crippen MR) is 63.3 cm³/mol. The Hall–Kier alpha value is -2.69. The average Bonchev–Trinajstić information content (AvgIpc) is 2.36. The summed E-state index contributed by atoms with van der Waals surface area (Å²) >= 11 is 0. The third-order valence-corrected chi connectivity index (χ3v) is 2.60. The van der Waals surface area contributed by atoms with E-state index >= 15 is 0 Å². The van der Waals surface area contributed by atoms with Gasteiger partial charge in [-0.25, -0.2) is 9.59 Å². The van der Waals surface area contributed by atoms with Crippen LogP contribution in [0.3, 0.4) is 0 Å². The van der Waals surface area contributed by atoms with E-state index in [0.717, 1.165) is 0 Å². The molecule has 0 saturated carbocycles. The Morgan fingerprint density at radius 3 is 1.94 bits per heavy atom. The minimum atomic E-state index is -1.31. The zero-order valence-corrected chi connectivity index (χ0v) is 9.08. The number of carbonyl (C=O) groups excluding carboxylic acids is 1. The molecule has 18 heavy (non-hydrogen) atoms. The fourth-order valence-electron chi connectivity index (χ4n) is 1.74. The molecule has 0 atom stereocenters. The van der Waals surface area contributed by atoms with Crippen LogP contribution in [0.2, 0.25) is 0 Å². The lowest BCUT2D eigenvalue weighted by Crippen LogP contribution is -2.07. The Morgan fingerprint density at radius 1 is 0.889 bits per heavy atom. The molecule has 0 aliphatic rings. The predicted octanol–water partition coefficient (Wildman–Crippen LogP) is 2.05. The van der Waals surface area contributed by atoms with Crippen LogP contribution in [0.15, 0.2) is 30.3 Å². The van der Waals surface area contributed by atoms with Crippen molar-refractivity contribution in [1.29, 1.82) is 0 Å². The van der Waals surface area contributed by atoms with Crippen molar-refractivity contribution in [3.63, 3.8) is 0 Å². The van der Waals surface area contributed by atoms with Crippen LogP contribution in [0.4, 0.5) is 0 Å². The molecule has 0 unspecified atom stereocenters. The van der Waals surface area contributed by atoms with Gasteiger partial charge in [0, 0.05) is 5.56 Å². The molecule has 0 aromatic heterocycles. The Labute approximate surface area is 101 Å². The first kappa shape index (κ1) is 11.8. The van der Waals surface area contributed by atoms with E-state index in [-0.39, 0.29) is 11.1 Å². The molecular weight excluding hydrogens is 236 g/mol. The van der Waals surface area contributed by atoms with Crippen molar-refractivity contribution in [1.82, 2.24) is 0 Å². The molecule has 5 heteroatoms. The fraction of sp³-hybridized carbons (Fsp3) is 0. The van der Waals surface area contributed by atoms with Gasteiger partial charge >= 0.3 is 11.9 Å². The Kier molecular flexibility index (Phi) is 2.81. The molecule has 0 bridgehead atoms. The van der Waals surface area contributed by atoms with Gasteiger partial charge in [-0.1, -0.05) is 12.1 Å². The zero-order valence-electron chi connectivity index (χ0n) is 9.08. The minimum Gasteiger partial charge on any atom is -0.478 e. The highest BCUT2D eigenvalue weighted by atomic mass is 16.4. The molecule has 0 radical (unpaired) electrons. The smallest absolute Gasteiger partial charge is 0.336 e. The second-order valence-corrected chi connectivity index (χ2v) is 3.73. The van der Waals surface area contributed by atoms with Crippen molar-refractivity contribution in [2.24, 2.45) is 0 Å². The molecule has 2 aromatic carbocycles. The van der Waals surface area contributed by atoms with E-state index < -0.39 is 11.9 Å². The van der Waals surface area contributed by atoms with E-state index in [1.54, 1.807) is 12.1 Å². The quantitative estimate of drug-likeness (QED) is 0.806. The molecule has 0 saturated heterocycles. The normalized spacial score (nSPS) is 10.2. The van der Waals surface area contributed by atoms with Gasteiger partial charge in [-0.05, 0) is 29.0 Å². The van der Waals surface area contributed by atoms with Crippen molar-refractivity contribution < 1.29 is 24.6 Å². The molecule has 0 spiro atoms. The van der Waals surface area contributed by atoms with Crippen molar-refractivity contribution in [3.8, 4) is 0 Å². The lowest BCUT2D eigenvalue weighted by Gasteiger charge is -2.05.